The Labute approximate surface area is 134 Å². The number of aliphatic hydroxyl groups excluding tert-OH is 1. The van der Waals surface area contributed by atoms with E-state index in [2.05, 4.69) is 12.0 Å². The van der Waals surface area contributed by atoms with E-state index in [1.54, 1.807) is 25.1 Å². The zero-order valence-electron chi connectivity index (χ0n) is 12.1. The number of methoxy groups -OCH3 is 1. The van der Waals surface area contributed by atoms with Crippen LogP contribution in [0, 0.1) is 0 Å². The molecule has 0 saturated heterocycles. The molecule has 0 fully saturated rings. The Balaban J connectivity index is 2.07. The van der Waals surface area contributed by atoms with Gasteiger partial charge in [-0.25, -0.2) is 0 Å². The quantitative estimate of drug-likeness (QED) is 0.787. The maximum Gasteiger partial charge on any atom is 0.162 e. The predicted molar refractivity (Wildman–Crippen MR) is 86.2 cm³/mol. The second-order valence-corrected chi connectivity index (χ2v) is 6.13. The molecule has 0 bridgehead atoms. The lowest BCUT2D eigenvalue weighted by molar-refractivity contribution is 0.186. The van der Waals surface area contributed by atoms with Gasteiger partial charge in [-0.3, -0.25) is 4.68 Å². The molecular formula is C15H19ClN2O2S. The van der Waals surface area contributed by atoms with Crippen LogP contribution in [0.25, 0.3) is 0 Å². The highest BCUT2D eigenvalue weighted by Crippen LogP contribution is 2.30. The van der Waals surface area contributed by atoms with Crippen LogP contribution in [0.3, 0.4) is 0 Å². The van der Waals surface area contributed by atoms with Gasteiger partial charge in [-0.15, -0.1) is 11.8 Å². The largest absolute Gasteiger partial charge is 0.493 e. The van der Waals surface area contributed by atoms with Crippen LogP contribution in [0.5, 0.6) is 5.75 Å². The summed E-state index contributed by atoms with van der Waals surface area (Å²) >= 11 is 7.44. The van der Waals surface area contributed by atoms with Crippen LogP contribution in [-0.2, 0) is 6.54 Å². The summed E-state index contributed by atoms with van der Waals surface area (Å²) in [6.07, 6.45) is 1.98. The number of aryl methyl sites for hydroxylation is 1. The topological polar surface area (TPSA) is 47.3 Å². The maximum absolute atomic E-state index is 10.5. The highest BCUT2D eigenvalue weighted by Gasteiger charge is 2.19. The van der Waals surface area contributed by atoms with Crippen molar-refractivity contribution in [3.8, 4) is 5.75 Å². The molecule has 2 rings (SSSR count). The second-order valence-electron chi connectivity index (χ2n) is 4.60. The molecule has 0 radical (unpaired) electrons. The van der Waals surface area contributed by atoms with Crippen LogP contribution in [0.1, 0.15) is 25.1 Å². The number of hydrogen-bond donors (Lipinski definition) is 1. The van der Waals surface area contributed by atoms with Crippen LogP contribution in [0.2, 0.25) is 5.02 Å². The SMILES string of the molecule is CCCn1ncc(OC)c1C(O)CSc1ccc(Cl)cc1. The number of hydrogen-bond acceptors (Lipinski definition) is 4. The van der Waals surface area contributed by atoms with Crippen molar-refractivity contribution >= 4 is 23.4 Å². The average Bonchev–Trinajstić information content (AvgIpc) is 2.90. The number of ether oxygens (including phenoxy) is 1. The standard InChI is InChI=1S/C15H19ClN2O2S/c1-3-8-18-15(14(20-2)9-17-18)13(19)10-21-12-6-4-11(16)5-7-12/h4-7,9,13,19H,3,8,10H2,1-2H3. The number of aliphatic hydroxyl groups is 1. The molecule has 114 valence electrons. The second kappa shape index (κ2) is 7.73. The van der Waals surface area contributed by atoms with Gasteiger partial charge in [0.15, 0.2) is 5.75 Å². The van der Waals surface area contributed by atoms with Gasteiger partial charge in [0.2, 0.25) is 0 Å². The summed E-state index contributed by atoms with van der Waals surface area (Å²) in [7, 11) is 1.59. The molecule has 0 spiro atoms. The van der Waals surface area contributed by atoms with Gasteiger partial charge in [-0.2, -0.15) is 5.10 Å². The molecule has 1 unspecified atom stereocenters. The Morgan fingerprint density at radius 3 is 2.71 bits per heavy atom. The van der Waals surface area contributed by atoms with Crippen LogP contribution in [-0.4, -0.2) is 27.7 Å². The molecule has 21 heavy (non-hydrogen) atoms. The Morgan fingerprint density at radius 2 is 2.10 bits per heavy atom. The number of rotatable bonds is 7. The van der Waals surface area contributed by atoms with Crippen molar-refractivity contribution in [3.05, 3.63) is 41.2 Å². The molecular weight excluding hydrogens is 308 g/mol. The lowest BCUT2D eigenvalue weighted by atomic mass is 10.2. The van der Waals surface area contributed by atoms with E-state index in [1.807, 2.05) is 28.9 Å². The van der Waals surface area contributed by atoms with E-state index >= 15 is 0 Å². The number of halogens is 1. The first-order chi connectivity index (χ1) is 10.2. The first kappa shape index (κ1) is 16.2. The fourth-order valence-corrected chi connectivity index (χ4v) is 3.01. The van der Waals surface area contributed by atoms with Crippen molar-refractivity contribution in [1.82, 2.24) is 9.78 Å². The smallest absolute Gasteiger partial charge is 0.162 e. The van der Waals surface area contributed by atoms with Gasteiger partial charge in [0.25, 0.3) is 0 Å². The summed E-state index contributed by atoms with van der Waals surface area (Å²) in [6.45, 7) is 2.84. The molecule has 1 aromatic heterocycles. The normalized spacial score (nSPS) is 12.4. The predicted octanol–water partition coefficient (Wildman–Crippen LogP) is 3.78. The van der Waals surface area contributed by atoms with Crippen LogP contribution in [0.4, 0.5) is 0 Å². The number of benzene rings is 1. The molecule has 0 aliphatic heterocycles. The summed E-state index contributed by atoms with van der Waals surface area (Å²) in [5, 5.41) is 15.4. The van der Waals surface area contributed by atoms with E-state index < -0.39 is 6.10 Å². The summed E-state index contributed by atoms with van der Waals surface area (Å²) < 4.78 is 7.10. The van der Waals surface area contributed by atoms with Crippen molar-refractivity contribution in [2.45, 2.75) is 30.9 Å². The lowest BCUT2D eigenvalue weighted by Gasteiger charge is -2.14. The van der Waals surface area contributed by atoms with E-state index in [0.717, 1.165) is 23.6 Å². The number of nitrogens with zero attached hydrogens (tertiary/aromatic N) is 2. The van der Waals surface area contributed by atoms with Gasteiger partial charge >= 0.3 is 0 Å². The molecule has 0 amide bonds. The number of aromatic nitrogens is 2. The van der Waals surface area contributed by atoms with E-state index in [1.165, 1.54) is 0 Å². The number of thioether (sulfide) groups is 1. The first-order valence-corrected chi connectivity index (χ1v) is 8.18. The molecule has 1 N–H and O–H groups in total. The van der Waals surface area contributed by atoms with Crippen molar-refractivity contribution in [3.63, 3.8) is 0 Å². The molecule has 6 heteroatoms. The molecule has 1 aromatic carbocycles. The third kappa shape index (κ3) is 4.15. The van der Waals surface area contributed by atoms with Gasteiger partial charge in [0.05, 0.1) is 13.3 Å². The van der Waals surface area contributed by atoms with E-state index in [4.69, 9.17) is 16.3 Å². The third-order valence-electron chi connectivity index (χ3n) is 3.04. The van der Waals surface area contributed by atoms with Crippen molar-refractivity contribution in [1.29, 1.82) is 0 Å². The average molecular weight is 327 g/mol. The highest BCUT2D eigenvalue weighted by atomic mass is 35.5. The Hall–Kier alpha value is -1.17. The minimum Gasteiger partial charge on any atom is -0.493 e. The van der Waals surface area contributed by atoms with Gasteiger partial charge in [0, 0.05) is 22.2 Å². The van der Waals surface area contributed by atoms with Crippen LogP contribution in [0.15, 0.2) is 35.4 Å². The molecule has 0 aliphatic carbocycles. The summed E-state index contributed by atoms with van der Waals surface area (Å²) in [4.78, 5) is 1.07. The Kier molecular flexibility index (Phi) is 5.96. The third-order valence-corrected chi connectivity index (χ3v) is 4.38. The molecule has 4 nitrogen and oxygen atoms in total. The molecule has 1 heterocycles. The minimum atomic E-state index is -0.630. The maximum atomic E-state index is 10.5. The van der Waals surface area contributed by atoms with E-state index in [0.29, 0.717) is 16.5 Å². The molecule has 0 aliphatic rings. The summed E-state index contributed by atoms with van der Waals surface area (Å²) in [6, 6.07) is 7.58. The monoisotopic (exact) mass is 326 g/mol. The van der Waals surface area contributed by atoms with Crippen molar-refractivity contribution < 1.29 is 9.84 Å². The van der Waals surface area contributed by atoms with Gasteiger partial charge in [-0.1, -0.05) is 18.5 Å². The lowest BCUT2D eigenvalue weighted by Crippen LogP contribution is -2.11. The first-order valence-electron chi connectivity index (χ1n) is 6.81. The van der Waals surface area contributed by atoms with Gasteiger partial charge in [-0.05, 0) is 30.7 Å². The summed E-state index contributed by atoms with van der Waals surface area (Å²) in [5.74, 6) is 1.17. The van der Waals surface area contributed by atoms with E-state index in [-0.39, 0.29) is 0 Å². The van der Waals surface area contributed by atoms with Crippen molar-refractivity contribution in [2.75, 3.05) is 12.9 Å². The summed E-state index contributed by atoms with van der Waals surface area (Å²) in [5.41, 5.74) is 0.737. The van der Waals surface area contributed by atoms with Crippen LogP contribution < -0.4 is 4.74 Å². The fourth-order valence-electron chi connectivity index (χ4n) is 2.05. The van der Waals surface area contributed by atoms with Gasteiger partial charge < -0.3 is 9.84 Å². The molecule has 1 atom stereocenters. The highest BCUT2D eigenvalue weighted by molar-refractivity contribution is 7.99. The van der Waals surface area contributed by atoms with Gasteiger partial charge in [0.1, 0.15) is 11.8 Å². The van der Waals surface area contributed by atoms with Crippen LogP contribution >= 0.6 is 23.4 Å². The van der Waals surface area contributed by atoms with E-state index in [9.17, 15) is 5.11 Å². The zero-order valence-corrected chi connectivity index (χ0v) is 13.7. The minimum absolute atomic E-state index is 0.535. The molecule has 2 aromatic rings. The zero-order chi connectivity index (χ0) is 15.2. The fraction of sp³-hybridized carbons (Fsp3) is 0.400. The Morgan fingerprint density at radius 1 is 1.38 bits per heavy atom. The Bertz CT molecular complexity index is 572. The van der Waals surface area contributed by atoms with Crippen molar-refractivity contribution in [2.24, 2.45) is 0 Å². The molecule has 0 saturated carbocycles.